The zero-order valence-corrected chi connectivity index (χ0v) is 10.2. The number of carbonyl (C=O) groups is 1. The average Bonchev–Trinajstić information content (AvgIpc) is 2.27. The molecule has 1 N–H and O–H groups in total. The quantitative estimate of drug-likeness (QED) is 0.795. The highest BCUT2D eigenvalue weighted by molar-refractivity contribution is 7.99. The number of rotatable bonds is 4. The number of thioether (sulfide) groups is 1. The summed E-state index contributed by atoms with van der Waals surface area (Å²) in [5, 5.41) is 2.69. The van der Waals surface area contributed by atoms with E-state index in [2.05, 4.69) is 17.4 Å². The molecule has 82 valence electrons. The van der Waals surface area contributed by atoms with Crippen LogP contribution in [0, 0.1) is 5.41 Å². The summed E-state index contributed by atoms with van der Waals surface area (Å²) in [5.74, 6) is 0.877. The van der Waals surface area contributed by atoms with Crippen LogP contribution in [-0.2, 0) is 4.79 Å². The van der Waals surface area contributed by atoms with Gasteiger partial charge in [0, 0.05) is 17.7 Å². The fourth-order valence-electron chi connectivity index (χ4n) is 1.18. The number of nitrogens with one attached hydrogen (secondary N) is 1. The van der Waals surface area contributed by atoms with Gasteiger partial charge in [0.1, 0.15) is 0 Å². The summed E-state index contributed by atoms with van der Waals surface area (Å²) in [4.78, 5) is 12.7. The molecule has 3 heteroatoms. The maximum atomic E-state index is 11.5. The first-order valence-corrected chi connectivity index (χ1v) is 5.95. The van der Waals surface area contributed by atoms with Gasteiger partial charge >= 0.3 is 0 Å². The van der Waals surface area contributed by atoms with Crippen molar-refractivity contribution in [1.29, 1.82) is 0 Å². The predicted octanol–water partition coefficient (Wildman–Crippen LogP) is 2.55. The second-order valence-corrected chi connectivity index (χ2v) is 5.11. The molecule has 0 atom stereocenters. The van der Waals surface area contributed by atoms with Crippen molar-refractivity contribution in [3.8, 4) is 0 Å². The lowest BCUT2D eigenvalue weighted by Crippen LogP contribution is -2.36. The van der Waals surface area contributed by atoms with Gasteiger partial charge in [0.15, 0.2) is 0 Å². The van der Waals surface area contributed by atoms with Gasteiger partial charge in [-0.3, -0.25) is 4.79 Å². The minimum absolute atomic E-state index is 0.0888. The molecule has 15 heavy (non-hydrogen) atoms. The lowest BCUT2D eigenvalue weighted by atomic mass is 9.95. The highest BCUT2D eigenvalue weighted by Crippen LogP contribution is 2.27. The molecule has 0 aliphatic heterocycles. The first-order chi connectivity index (χ1) is 7.06. The van der Waals surface area contributed by atoms with Gasteiger partial charge in [0.2, 0.25) is 5.91 Å². The normalized spacial score (nSPS) is 11.1. The van der Waals surface area contributed by atoms with Crippen molar-refractivity contribution in [3.05, 3.63) is 30.3 Å². The molecular formula is C12H17NOS. The third-order valence-electron chi connectivity index (χ3n) is 2.18. The molecular weight excluding hydrogens is 206 g/mol. The molecule has 2 nitrogen and oxygen atoms in total. The summed E-state index contributed by atoms with van der Waals surface area (Å²) in [7, 11) is 1.68. The van der Waals surface area contributed by atoms with E-state index in [0.717, 1.165) is 5.75 Å². The van der Waals surface area contributed by atoms with E-state index in [1.165, 1.54) is 4.90 Å². The van der Waals surface area contributed by atoms with Gasteiger partial charge in [0.05, 0.1) is 5.41 Å². The Morgan fingerprint density at radius 2 is 1.93 bits per heavy atom. The van der Waals surface area contributed by atoms with Crippen LogP contribution in [0.4, 0.5) is 0 Å². The molecule has 0 saturated carbocycles. The molecule has 0 spiro atoms. The number of hydrogen-bond donors (Lipinski definition) is 1. The van der Waals surface area contributed by atoms with Gasteiger partial charge in [-0.2, -0.15) is 0 Å². The smallest absolute Gasteiger partial charge is 0.226 e. The number of carbonyl (C=O) groups excluding carboxylic acids is 1. The summed E-state index contributed by atoms with van der Waals surface area (Å²) in [5.41, 5.74) is -0.324. The number of amides is 1. The second kappa shape index (κ2) is 5.21. The molecule has 0 aromatic heterocycles. The second-order valence-electron chi connectivity index (χ2n) is 4.06. The summed E-state index contributed by atoms with van der Waals surface area (Å²) in [6.07, 6.45) is 0. The summed E-state index contributed by atoms with van der Waals surface area (Å²) >= 11 is 1.71. The molecule has 1 amide bonds. The Morgan fingerprint density at radius 1 is 1.33 bits per heavy atom. The van der Waals surface area contributed by atoms with E-state index in [1.54, 1.807) is 18.8 Å². The molecule has 0 saturated heterocycles. The first-order valence-electron chi connectivity index (χ1n) is 4.96. The van der Waals surface area contributed by atoms with Crippen molar-refractivity contribution in [2.75, 3.05) is 12.8 Å². The molecule has 0 aliphatic rings. The molecule has 0 radical (unpaired) electrons. The van der Waals surface area contributed by atoms with Crippen LogP contribution >= 0.6 is 11.8 Å². The van der Waals surface area contributed by atoms with Crippen LogP contribution in [0.2, 0.25) is 0 Å². The van der Waals surface area contributed by atoms with Crippen molar-refractivity contribution in [2.45, 2.75) is 18.7 Å². The highest BCUT2D eigenvalue weighted by Gasteiger charge is 2.26. The molecule has 0 aliphatic carbocycles. The molecule has 0 heterocycles. The van der Waals surface area contributed by atoms with Gasteiger partial charge in [-0.1, -0.05) is 32.0 Å². The summed E-state index contributed by atoms with van der Waals surface area (Å²) < 4.78 is 0. The molecule has 0 bridgehead atoms. The fraction of sp³-hybridized carbons (Fsp3) is 0.417. The van der Waals surface area contributed by atoms with E-state index < -0.39 is 0 Å². The highest BCUT2D eigenvalue weighted by atomic mass is 32.2. The predicted molar refractivity (Wildman–Crippen MR) is 65.0 cm³/mol. The third-order valence-corrected chi connectivity index (χ3v) is 3.66. The lowest BCUT2D eigenvalue weighted by Gasteiger charge is -2.21. The van der Waals surface area contributed by atoms with Crippen LogP contribution in [0.15, 0.2) is 35.2 Å². The van der Waals surface area contributed by atoms with Crippen molar-refractivity contribution in [2.24, 2.45) is 5.41 Å². The molecule has 0 unspecified atom stereocenters. The largest absolute Gasteiger partial charge is 0.359 e. The van der Waals surface area contributed by atoms with E-state index >= 15 is 0 Å². The van der Waals surface area contributed by atoms with Crippen molar-refractivity contribution in [3.63, 3.8) is 0 Å². The van der Waals surface area contributed by atoms with E-state index in [9.17, 15) is 4.79 Å². The van der Waals surface area contributed by atoms with Gasteiger partial charge < -0.3 is 5.32 Å². The van der Waals surface area contributed by atoms with Crippen LogP contribution in [0.1, 0.15) is 13.8 Å². The van der Waals surface area contributed by atoms with Crippen LogP contribution in [-0.4, -0.2) is 18.7 Å². The Morgan fingerprint density at radius 3 is 2.47 bits per heavy atom. The van der Waals surface area contributed by atoms with Crippen LogP contribution in [0.3, 0.4) is 0 Å². The van der Waals surface area contributed by atoms with Gasteiger partial charge in [-0.25, -0.2) is 0 Å². The van der Waals surface area contributed by atoms with Gasteiger partial charge in [-0.15, -0.1) is 11.8 Å². The van der Waals surface area contributed by atoms with E-state index in [-0.39, 0.29) is 11.3 Å². The summed E-state index contributed by atoms with van der Waals surface area (Å²) in [6.45, 7) is 3.92. The van der Waals surface area contributed by atoms with Crippen LogP contribution in [0.5, 0.6) is 0 Å². The Bertz CT molecular complexity index is 322. The standard InChI is InChI=1S/C12H17NOS/c1-12(2,11(14)13-3)9-15-10-7-5-4-6-8-10/h4-8H,9H2,1-3H3,(H,13,14). The Hall–Kier alpha value is -0.960. The van der Waals surface area contributed by atoms with Gasteiger partial charge in [0.25, 0.3) is 0 Å². The zero-order chi connectivity index (χ0) is 11.3. The van der Waals surface area contributed by atoms with Crippen LogP contribution in [0.25, 0.3) is 0 Å². The Kier molecular flexibility index (Phi) is 4.21. The van der Waals surface area contributed by atoms with Crippen LogP contribution < -0.4 is 5.32 Å². The molecule has 1 aromatic rings. The molecule has 1 aromatic carbocycles. The van der Waals surface area contributed by atoms with Crippen molar-refractivity contribution >= 4 is 17.7 Å². The lowest BCUT2D eigenvalue weighted by molar-refractivity contribution is -0.127. The Balaban J connectivity index is 2.53. The first kappa shape index (κ1) is 12.1. The van der Waals surface area contributed by atoms with Crippen molar-refractivity contribution in [1.82, 2.24) is 5.32 Å². The van der Waals surface area contributed by atoms with Gasteiger partial charge in [-0.05, 0) is 12.1 Å². The minimum Gasteiger partial charge on any atom is -0.359 e. The number of benzene rings is 1. The number of hydrogen-bond acceptors (Lipinski definition) is 2. The van der Waals surface area contributed by atoms with E-state index in [1.807, 2.05) is 32.0 Å². The summed E-state index contributed by atoms with van der Waals surface area (Å²) in [6, 6.07) is 10.1. The molecule has 0 fully saturated rings. The SMILES string of the molecule is CNC(=O)C(C)(C)CSc1ccccc1. The van der Waals surface area contributed by atoms with E-state index in [0.29, 0.717) is 0 Å². The monoisotopic (exact) mass is 223 g/mol. The Labute approximate surface area is 95.5 Å². The van der Waals surface area contributed by atoms with E-state index in [4.69, 9.17) is 0 Å². The van der Waals surface area contributed by atoms with Crippen molar-refractivity contribution < 1.29 is 4.79 Å². The maximum absolute atomic E-state index is 11.5. The maximum Gasteiger partial charge on any atom is 0.226 e. The molecule has 1 rings (SSSR count). The zero-order valence-electron chi connectivity index (χ0n) is 9.41. The fourth-order valence-corrected chi connectivity index (χ4v) is 2.19. The third kappa shape index (κ3) is 3.59. The average molecular weight is 223 g/mol. The minimum atomic E-state index is -0.324. The topological polar surface area (TPSA) is 29.1 Å².